The van der Waals surface area contributed by atoms with Crippen LogP contribution in [0.5, 0.6) is 0 Å². The van der Waals surface area contributed by atoms with Gasteiger partial charge in [0.05, 0.1) is 0 Å². The van der Waals surface area contributed by atoms with Crippen LogP contribution < -0.4 is 0 Å². The van der Waals surface area contributed by atoms with Gasteiger partial charge >= 0.3 is 0 Å². The molecule has 3 rings (SSSR count). The Balaban J connectivity index is 2.01. The van der Waals surface area contributed by atoms with Crippen LogP contribution in [0.1, 0.15) is 18.9 Å². The third-order valence-electron chi connectivity index (χ3n) is 3.19. The molecule has 0 aliphatic carbocycles. The maximum absolute atomic E-state index is 6.21. The van der Waals surface area contributed by atoms with Crippen LogP contribution in [0.3, 0.4) is 0 Å². The van der Waals surface area contributed by atoms with Crippen molar-refractivity contribution in [2.75, 3.05) is 11.5 Å². The number of benzene rings is 1. The average Bonchev–Trinajstić information content (AvgIpc) is 2.83. The first-order chi connectivity index (χ1) is 8.86. The minimum atomic E-state index is 0.418. The molecular formula is C13H14ClN3S. The van der Waals surface area contributed by atoms with E-state index in [1.54, 1.807) is 0 Å². The molecule has 1 aromatic carbocycles. The Hall–Kier alpha value is -1.000. The molecule has 1 unspecified atom stereocenters. The van der Waals surface area contributed by atoms with Crippen LogP contribution in [0.2, 0.25) is 5.28 Å². The smallest absolute Gasteiger partial charge is 0.225 e. The molecule has 1 saturated heterocycles. The second kappa shape index (κ2) is 5.33. The van der Waals surface area contributed by atoms with Crippen LogP contribution in [-0.2, 0) is 0 Å². The van der Waals surface area contributed by atoms with E-state index in [-0.39, 0.29) is 0 Å². The molecule has 2 aromatic rings. The topological polar surface area (TPSA) is 30.7 Å². The third-order valence-corrected chi connectivity index (χ3v) is 4.64. The standard InChI is InChI=1S/C13H14ClN3S/c14-13-16-15-12(10-5-2-1-3-6-10)17(13)11-7-4-8-18-9-11/h1-3,5-6,11H,4,7-9H2. The van der Waals surface area contributed by atoms with Gasteiger partial charge in [-0.1, -0.05) is 30.3 Å². The lowest BCUT2D eigenvalue weighted by atomic mass is 10.1. The van der Waals surface area contributed by atoms with Crippen molar-refractivity contribution in [3.63, 3.8) is 0 Å². The lowest BCUT2D eigenvalue weighted by molar-refractivity contribution is 0.503. The van der Waals surface area contributed by atoms with Crippen molar-refractivity contribution in [3.05, 3.63) is 35.6 Å². The van der Waals surface area contributed by atoms with Crippen LogP contribution in [0.4, 0.5) is 0 Å². The molecule has 0 bridgehead atoms. The first-order valence-electron chi connectivity index (χ1n) is 6.10. The Morgan fingerprint density at radius 1 is 1.22 bits per heavy atom. The van der Waals surface area contributed by atoms with Gasteiger partial charge in [-0.3, -0.25) is 4.57 Å². The molecule has 0 radical (unpaired) electrons. The lowest BCUT2D eigenvalue weighted by Gasteiger charge is -2.24. The molecule has 0 N–H and O–H groups in total. The van der Waals surface area contributed by atoms with Crippen molar-refractivity contribution in [1.29, 1.82) is 0 Å². The van der Waals surface area contributed by atoms with Crippen molar-refractivity contribution in [2.45, 2.75) is 18.9 Å². The van der Waals surface area contributed by atoms with Gasteiger partial charge in [0, 0.05) is 17.4 Å². The first kappa shape index (κ1) is 12.1. The van der Waals surface area contributed by atoms with Crippen LogP contribution in [-0.4, -0.2) is 26.3 Å². The number of halogens is 1. The Morgan fingerprint density at radius 3 is 2.78 bits per heavy atom. The number of rotatable bonds is 2. The molecule has 1 aliphatic heterocycles. The number of nitrogens with zero attached hydrogens (tertiary/aromatic N) is 3. The first-order valence-corrected chi connectivity index (χ1v) is 7.63. The van der Waals surface area contributed by atoms with Gasteiger partial charge in [-0.25, -0.2) is 0 Å². The lowest BCUT2D eigenvalue weighted by Crippen LogP contribution is -2.17. The van der Waals surface area contributed by atoms with Gasteiger partial charge in [-0.05, 0) is 30.2 Å². The largest absolute Gasteiger partial charge is 0.294 e. The van der Waals surface area contributed by atoms with E-state index in [2.05, 4.69) is 14.8 Å². The highest BCUT2D eigenvalue weighted by Gasteiger charge is 2.22. The minimum Gasteiger partial charge on any atom is -0.294 e. The summed E-state index contributed by atoms with van der Waals surface area (Å²) in [6.07, 6.45) is 2.39. The summed E-state index contributed by atoms with van der Waals surface area (Å²) >= 11 is 8.19. The van der Waals surface area contributed by atoms with Crippen molar-refractivity contribution < 1.29 is 0 Å². The van der Waals surface area contributed by atoms with Gasteiger partial charge in [0.2, 0.25) is 5.28 Å². The summed E-state index contributed by atoms with van der Waals surface area (Å²) in [5, 5.41) is 8.77. The van der Waals surface area contributed by atoms with Crippen molar-refractivity contribution in [1.82, 2.24) is 14.8 Å². The SMILES string of the molecule is Clc1nnc(-c2ccccc2)n1C1CCCSC1. The zero-order valence-corrected chi connectivity index (χ0v) is 11.5. The fourth-order valence-electron chi connectivity index (χ4n) is 2.31. The Labute approximate surface area is 116 Å². The average molecular weight is 280 g/mol. The van der Waals surface area contributed by atoms with E-state index in [9.17, 15) is 0 Å². The van der Waals surface area contributed by atoms with E-state index in [1.165, 1.54) is 12.2 Å². The summed E-state index contributed by atoms with van der Waals surface area (Å²) < 4.78 is 2.09. The molecule has 1 fully saturated rings. The molecule has 5 heteroatoms. The second-order valence-electron chi connectivity index (χ2n) is 4.40. The summed E-state index contributed by atoms with van der Waals surface area (Å²) in [6.45, 7) is 0. The number of hydrogen-bond acceptors (Lipinski definition) is 3. The van der Waals surface area contributed by atoms with E-state index in [0.29, 0.717) is 11.3 Å². The van der Waals surface area contributed by atoms with Crippen molar-refractivity contribution in [2.24, 2.45) is 0 Å². The predicted octanol–water partition coefficient (Wildman–Crippen LogP) is 3.67. The zero-order valence-electron chi connectivity index (χ0n) is 9.92. The highest BCUT2D eigenvalue weighted by atomic mass is 35.5. The maximum Gasteiger partial charge on any atom is 0.225 e. The van der Waals surface area contributed by atoms with E-state index < -0.39 is 0 Å². The van der Waals surface area contributed by atoms with Crippen LogP contribution in [0.25, 0.3) is 11.4 Å². The zero-order chi connectivity index (χ0) is 12.4. The molecule has 0 amide bonds. The summed E-state index contributed by atoms with van der Waals surface area (Å²) in [7, 11) is 0. The molecule has 2 heterocycles. The Bertz CT molecular complexity index is 520. The molecule has 0 spiro atoms. The van der Waals surface area contributed by atoms with E-state index in [1.807, 2.05) is 42.1 Å². The van der Waals surface area contributed by atoms with E-state index in [0.717, 1.165) is 23.6 Å². The van der Waals surface area contributed by atoms with Gasteiger partial charge in [0.1, 0.15) is 0 Å². The number of hydrogen-bond donors (Lipinski definition) is 0. The summed E-state index contributed by atoms with van der Waals surface area (Å²) in [5.41, 5.74) is 1.08. The molecular weight excluding hydrogens is 266 g/mol. The molecule has 1 aliphatic rings. The highest BCUT2D eigenvalue weighted by Crippen LogP contribution is 2.32. The predicted molar refractivity (Wildman–Crippen MR) is 76.1 cm³/mol. The van der Waals surface area contributed by atoms with Gasteiger partial charge < -0.3 is 0 Å². The quantitative estimate of drug-likeness (QED) is 0.840. The second-order valence-corrected chi connectivity index (χ2v) is 5.89. The minimum absolute atomic E-state index is 0.418. The van der Waals surface area contributed by atoms with Crippen LogP contribution in [0.15, 0.2) is 30.3 Å². The van der Waals surface area contributed by atoms with Crippen molar-refractivity contribution in [3.8, 4) is 11.4 Å². The monoisotopic (exact) mass is 279 g/mol. The fourth-order valence-corrected chi connectivity index (χ4v) is 3.69. The van der Waals surface area contributed by atoms with Crippen molar-refractivity contribution >= 4 is 23.4 Å². The Kier molecular flexibility index (Phi) is 3.57. The molecule has 1 atom stereocenters. The molecule has 1 aromatic heterocycles. The Morgan fingerprint density at radius 2 is 2.06 bits per heavy atom. The molecule has 0 saturated carbocycles. The van der Waals surface area contributed by atoms with Crippen LogP contribution in [0, 0.1) is 0 Å². The van der Waals surface area contributed by atoms with Gasteiger partial charge in [-0.2, -0.15) is 11.8 Å². The van der Waals surface area contributed by atoms with E-state index >= 15 is 0 Å². The molecule has 18 heavy (non-hydrogen) atoms. The molecule has 3 nitrogen and oxygen atoms in total. The highest BCUT2D eigenvalue weighted by molar-refractivity contribution is 7.99. The molecule has 94 valence electrons. The normalized spacial score (nSPS) is 19.9. The van der Waals surface area contributed by atoms with Gasteiger partial charge in [0.15, 0.2) is 5.82 Å². The summed E-state index contributed by atoms with van der Waals surface area (Å²) in [5.74, 6) is 3.22. The fraction of sp³-hybridized carbons (Fsp3) is 0.385. The van der Waals surface area contributed by atoms with E-state index in [4.69, 9.17) is 11.6 Å². The number of thioether (sulfide) groups is 1. The summed E-state index contributed by atoms with van der Waals surface area (Å²) in [4.78, 5) is 0. The van der Waals surface area contributed by atoms with Crippen LogP contribution >= 0.6 is 23.4 Å². The summed E-state index contributed by atoms with van der Waals surface area (Å²) in [6, 6.07) is 10.5. The third kappa shape index (κ3) is 2.27. The maximum atomic E-state index is 6.21. The number of aromatic nitrogens is 3. The van der Waals surface area contributed by atoms with Gasteiger partial charge in [0.25, 0.3) is 0 Å². The van der Waals surface area contributed by atoms with Gasteiger partial charge in [-0.15, -0.1) is 10.2 Å².